The first-order chi connectivity index (χ1) is 12.1. The standard InChI is InChI=1S/C18H20F2N4O/c19-14-5-4-13(15(20)11-14)10-18(25)22-12-16-21-7-6-17(23-16)24-8-2-1-3-9-24/h4-7,11H,1-3,8-10,12H2,(H,22,25). The maximum absolute atomic E-state index is 13.6. The summed E-state index contributed by atoms with van der Waals surface area (Å²) < 4.78 is 26.5. The number of nitrogens with one attached hydrogen (secondary N) is 1. The van der Waals surface area contributed by atoms with Crippen molar-refractivity contribution in [3.63, 3.8) is 0 Å². The molecule has 1 N–H and O–H groups in total. The minimum atomic E-state index is -0.724. The Morgan fingerprint density at radius 3 is 2.72 bits per heavy atom. The highest BCUT2D eigenvalue weighted by atomic mass is 19.1. The molecule has 0 aliphatic carbocycles. The Morgan fingerprint density at radius 2 is 1.96 bits per heavy atom. The molecule has 1 aliphatic heterocycles. The normalized spacial score (nSPS) is 14.4. The summed E-state index contributed by atoms with van der Waals surface area (Å²) in [4.78, 5) is 22.8. The third kappa shape index (κ3) is 4.71. The van der Waals surface area contributed by atoms with Crippen molar-refractivity contribution in [2.24, 2.45) is 0 Å². The van der Waals surface area contributed by atoms with E-state index in [1.807, 2.05) is 6.07 Å². The maximum atomic E-state index is 13.6. The molecule has 7 heteroatoms. The van der Waals surface area contributed by atoms with Crippen molar-refractivity contribution in [2.75, 3.05) is 18.0 Å². The summed E-state index contributed by atoms with van der Waals surface area (Å²) >= 11 is 0. The van der Waals surface area contributed by atoms with E-state index < -0.39 is 11.6 Å². The van der Waals surface area contributed by atoms with Gasteiger partial charge >= 0.3 is 0 Å². The van der Waals surface area contributed by atoms with Gasteiger partial charge in [-0.3, -0.25) is 4.79 Å². The van der Waals surface area contributed by atoms with Gasteiger partial charge in [-0.2, -0.15) is 0 Å². The Balaban J connectivity index is 1.56. The molecule has 0 saturated carbocycles. The minimum Gasteiger partial charge on any atom is -0.357 e. The fraction of sp³-hybridized carbons (Fsp3) is 0.389. The highest BCUT2D eigenvalue weighted by Gasteiger charge is 2.13. The summed E-state index contributed by atoms with van der Waals surface area (Å²) in [6, 6.07) is 5.05. The van der Waals surface area contributed by atoms with E-state index in [1.54, 1.807) is 6.20 Å². The smallest absolute Gasteiger partial charge is 0.224 e. The van der Waals surface area contributed by atoms with Gasteiger partial charge in [0.25, 0.3) is 0 Å². The monoisotopic (exact) mass is 346 g/mol. The molecular formula is C18H20F2N4O. The van der Waals surface area contributed by atoms with Crippen LogP contribution in [-0.2, 0) is 17.8 Å². The molecule has 0 bridgehead atoms. The molecule has 25 heavy (non-hydrogen) atoms. The molecule has 2 aromatic rings. The Bertz CT molecular complexity index is 748. The third-order valence-corrected chi connectivity index (χ3v) is 4.18. The fourth-order valence-electron chi connectivity index (χ4n) is 2.85. The molecule has 0 unspecified atom stereocenters. The number of halogens is 2. The topological polar surface area (TPSA) is 58.1 Å². The van der Waals surface area contributed by atoms with Gasteiger partial charge in [0.1, 0.15) is 23.3 Å². The van der Waals surface area contributed by atoms with Crippen LogP contribution >= 0.6 is 0 Å². The van der Waals surface area contributed by atoms with E-state index in [-0.39, 0.29) is 24.4 Å². The second-order valence-corrected chi connectivity index (χ2v) is 6.07. The second kappa shape index (κ2) is 8.00. The largest absolute Gasteiger partial charge is 0.357 e. The number of aromatic nitrogens is 2. The van der Waals surface area contributed by atoms with E-state index in [2.05, 4.69) is 20.2 Å². The van der Waals surface area contributed by atoms with E-state index in [4.69, 9.17) is 0 Å². The van der Waals surface area contributed by atoms with Crippen molar-refractivity contribution in [1.29, 1.82) is 0 Å². The van der Waals surface area contributed by atoms with Gasteiger partial charge in [0.05, 0.1) is 13.0 Å². The summed E-state index contributed by atoms with van der Waals surface area (Å²) in [6.07, 6.45) is 5.07. The summed E-state index contributed by atoms with van der Waals surface area (Å²) in [5.41, 5.74) is 0.155. The van der Waals surface area contributed by atoms with Gasteiger partial charge in [0, 0.05) is 25.4 Å². The number of piperidine rings is 1. The zero-order valence-electron chi connectivity index (χ0n) is 13.8. The van der Waals surface area contributed by atoms with E-state index in [9.17, 15) is 13.6 Å². The predicted molar refractivity (Wildman–Crippen MR) is 90.0 cm³/mol. The van der Waals surface area contributed by atoms with Crippen LogP contribution in [-0.4, -0.2) is 29.0 Å². The quantitative estimate of drug-likeness (QED) is 0.904. The molecule has 1 aromatic carbocycles. The van der Waals surface area contributed by atoms with Gasteiger partial charge in [0.2, 0.25) is 5.91 Å². The zero-order valence-corrected chi connectivity index (χ0v) is 13.8. The lowest BCUT2D eigenvalue weighted by Crippen LogP contribution is -2.31. The molecule has 0 radical (unpaired) electrons. The zero-order chi connectivity index (χ0) is 17.6. The van der Waals surface area contributed by atoms with Crippen LogP contribution in [0.15, 0.2) is 30.5 Å². The van der Waals surface area contributed by atoms with Crippen molar-refractivity contribution in [3.8, 4) is 0 Å². The molecule has 5 nitrogen and oxygen atoms in total. The van der Waals surface area contributed by atoms with Gasteiger partial charge < -0.3 is 10.2 Å². The molecule has 0 atom stereocenters. The molecule has 3 rings (SSSR count). The summed E-state index contributed by atoms with van der Waals surface area (Å²) in [5, 5.41) is 2.68. The van der Waals surface area contributed by atoms with Gasteiger partial charge in [-0.1, -0.05) is 6.07 Å². The van der Waals surface area contributed by atoms with Gasteiger partial charge in [0.15, 0.2) is 0 Å². The van der Waals surface area contributed by atoms with Crippen molar-refractivity contribution in [1.82, 2.24) is 15.3 Å². The lowest BCUT2D eigenvalue weighted by atomic mass is 10.1. The Kier molecular flexibility index (Phi) is 5.53. The Morgan fingerprint density at radius 1 is 1.16 bits per heavy atom. The van der Waals surface area contributed by atoms with Crippen LogP contribution in [0.2, 0.25) is 0 Å². The number of hydrogen-bond acceptors (Lipinski definition) is 4. The van der Waals surface area contributed by atoms with Crippen LogP contribution in [0.4, 0.5) is 14.6 Å². The molecule has 132 valence electrons. The number of anilines is 1. The maximum Gasteiger partial charge on any atom is 0.224 e. The van der Waals surface area contributed by atoms with E-state index in [0.717, 1.165) is 43.9 Å². The number of nitrogens with zero attached hydrogens (tertiary/aromatic N) is 3. The molecule has 2 heterocycles. The number of hydrogen-bond donors (Lipinski definition) is 1. The fourth-order valence-corrected chi connectivity index (χ4v) is 2.85. The van der Waals surface area contributed by atoms with Crippen LogP contribution in [0.1, 0.15) is 30.7 Å². The van der Waals surface area contributed by atoms with Crippen molar-refractivity contribution in [2.45, 2.75) is 32.2 Å². The lowest BCUT2D eigenvalue weighted by Gasteiger charge is -2.27. The van der Waals surface area contributed by atoms with Crippen LogP contribution in [0.25, 0.3) is 0 Å². The summed E-state index contributed by atoms with van der Waals surface area (Å²) in [5.74, 6) is -0.375. The number of carbonyl (C=O) groups is 1. The molecule has 1 amide bonds. The van der Waals surface area contributed by atoms with Crippen molar-refractivity contribution < 1.29 is 13.6 Å². The SMILES string of the molecule is O=C(Cc1ccc(F)cc1F)NCc1nccc(N2CCCCC2)n1. The van der Waals surface area contributed by atoms with Gasteiger partial charge in [-0.05, 0) is 37.0 Å². The molecule has 1 aromatic heterocycles. The lowest BCUT2D eigenvalue weighted by molar-refractivity contribution is -0.120. The van der Waals surface area contributed by atoms with Crippen LogP contribution in [0.3, 0.4) is 0 Å². The highest BCUT2D eigenvalue weighted by molar-refractivity contribution is 5.78. The number of amides is 1. The first-order valence-electron chi connectivity index (χ1n) is 8.39. The van der Waals surface area contributed by atoms with Gasteiger partial charge in [-0.25, -0.2) is 18.7 Å². The molecule has 1 saturated heterocycles. The van der Waals surface area contributed by atoms with Crippen LogP contribution in [0.5, 0.6) is 0 Å². The predicted octanol–water partition coefficient (Wildman–Crippen LogP) is 2.60. The van der Waals surface area contributed by atoms with E-state index in [1.165, 1.54) is 12.5 Å². The average Bonchev–Trinajstić information content (AvgIpc) is 2.63. The van der Waals surface area contributed by atoms with Crippen molar-refractivity contribution in [3.05, 3.63) is 53.5 Å². The van der Waals surface area contributed by atoms with Crippen molar-refractivity contribution >= 4 is 11.7 Å². The molecular weight excluding hydrogens is 326 g/mol. The van der Waals surface area contributed by atoms with E-state index in [0.29, 0.717) is 5.82 Å². The summed E-state index contributed by atoms with van der Waals surface area (Å²) in [7, 11) is 0. The summed E-state index contributed by atoms with van der Waals surface area (Å²) in [6.45, 7) is 2.13. The molecule has 0 spiro atoms. The average molecular weight is 346 g/mol. The minimum absolute atomic E-state index is 0.155. The molecule has 1 fully saturated rings. The Hall–Kier alpha value is -2.57. The number of rotatable bonds is 5. The van der Waals surface area contributed by atoms with Crippen LogP contribution < -0.4 is 10.2 Å². The first-order valence-corrected chi connectivity index (χ1v) is 8.39. The number of carbonyl (C=O) groups excluding carboxylic acids is 1. The Labute approximate surface area is 145 Å². The first kappa shape index (κ1) is 17.3. The molecule has 1 aliphatic rings. The second-order valence-electron chi connectivity index (χ2n) is 6.07. The van der Waals surface area contributed by atoms with E-state index >= 15 is 0 Å². The third-order valence-electron chi connectivity index (χ3n) is 4.18. The van der Waals surface area contributed by atoms with Crippen LogP contribution in [0, 0.1) is 11.6 Å². The highest BCUT2D eigenvalue weighted by Crippen LogP contribution is 2.17. The van der Waals surface area contributed by atoms with Gasteiger partial charge in [-0.15, -0.1) is 0 Å². The number of benzene rings is 1.